The van der Waals surface area contributed by atoms with E-state index in [0.717, 1.165) is 5.56 Å². The van der Waals surface area contributed by atoms with Crippen LogP contribution in [0.1, 0.15) is 25.8 Å². The lowest BCUT2D eigenvalue weighted by molar-refractivity contribution is 0.0555. The van der Waals surface area contributed by atoms with Crippen LogP contribution in [0.2, 0.25) is 0 Å². The highest BCUT2D eigenvalue weighted by Crippen LogP contribution is 2.11. The van der Waals surface area contributed by atoms with Crippen LogP contribution in [-0.4, -0.2) is 31.9 Å². The van der Waals surface area contributed by atoms with Gasteiger partial charge in [0.2, 0.25) is 0 Å². The Bertz CT molecular complexity index is 477. The Morgan fingerprint density at radius 3 is 2.28 bits per heavy atom. The molecule has 1 aromatic carbocycles. The summed E-state index contributed by atoms with van der Waals surface area (Å²) in [5, 5.41) is 13.0. The Morgan fingerprint density at radius 1 is 1.28 bits per heavy atom. The lowest BCUT2D eigenvalue weighted by atomic mass is 10.0. The SMILES string of the molecule is CCC(C)(O)CNCc1ccc(S(C)(=O)=O)cc1. The average molecular weight is 271 g/mol. The number of sulfone groups is 1. The number of nitrogens with one attached hydrogen (secondary N) is 1. The third-order valence-corrected chi connectivity index (χ3v) is 4.08. The molecule has 0 radical (unpaired) electrons. The van der Waals surface area contributed by atoms with Gasteiger partial charge in [-0.25, -0.2) is 8.42 Å². The van der Waals surface area contributed by atoms with Gasteiger partial charge in [-0.2, -0.15) is 0 Å². The van der Waals surface area contributed by atoms with Gasteiger partial charge in [0.05, 0.1) is 10.5 Å². The Hall–Kier alpha value is -0.910. The lowest BCUT2D eigenvalue weighted by Gasteiger charge is -2.21. The molecule has 1 aromatic rings. The molecule has 0 aliphatic carbocycles. The van der Waals surface area contributed by atoms with E-state index in [2.05, 4.69) is 5.32 Å². The molecule has 0 spiro atoms. The maximum absolute atomic E-state index is 11.3. The molecule has 0 aliphatic rings. The van der Waals surface area contributed by atoms with Crippen LogP contribution in [0.3, 0.4) is 0 Å². The predicted octanol–water partition coefficient (Wildman–Crippen LogP) is 1.34. The number of aliphatic hydroxyl groups is 1. The van der Waals surface area contributed by atoms with Gasteiger partial charge in [-0.15, -0.1) is 0 Å². The molecular formula is C13H21NO3S. The van der Waals surface area contributed by atoms with Crippen LogP contribution in [0.5, 0.6) is 0 Å². The van der Waals surface area contributed by atoms with Gasteiger partial charge in [-0.1, -0.05) is 19.1 Å². The van der Waals surface area contributed by atoms with E-state index in [4.69, 9.17) is 0 Å². The van der Waals surface area contributed by atoms with Crippen molar-refractivity contribution in [3.8, 4) is 0 Å². The van der Waals surface area contributed by atoms with E-state index in [0.29, 0.717) is 24.4 Å². The molecule has 0 amide bonds. The molecular weight excluding hydrogens is 250 g/mol. The molecule has 1 unspecified atom stereocenters. The van der Waals surface area contributed by atoms with E-state index < -0.39 is 15.4 Å². The Labute approximate surface area is 109 Å². The van der Waals surface area contributed by atoms with E-state index in [1.807, 2.05) is 6.92 Å². The van der Waals surface area contributed by atoms with Crippen molar-refractivity contribution in [2.45, 2.75) is 37.3 Å². The molecule has 0 bridgehead atoms. The molecule has 0 saturated heterocycles. The summed E-state index contributed by atoms with van der Waals surface area (Å²) in [6, 6.07) is 6.77. The standard InChI is InChI=1S/C13H21NO3S/c1-4-13(2,15)10-14-9-11-5-7-12(8-6-11)18(3,16)17/h5-8,14-15H,4,9-10H2,1-3H3. The molecule has 0 aliphatic heterocycles. The van der Waals surface area contributed by atoms with Gasteiger partial charge in [0.1, 0.15) is 0 Å². The highest BCUT2D eigenvalue weighted by Gasteiger charge is 2.16. The van der Waals surface area contributed by atoms with Crippen LogP contribution < -0.4 is 5.32 Å². The second kappa shape index (κ2) is 5.82. The smallest absolute Gasteiger partial charge is 0.175 e. The van der Waals surface area contributed by atoms with Gasteiger partial charge in [-0.05, 0) is 31.0 Å². The quantitative estimate of drug-likeness (QED) is 0.819. The third-order valence-electron chi connectivity index (χ3n) is 2.95. The Balaban J connectivity index is 2.55. The van der Waals surface area contributed by atoms with E-state index in [1.54, 1.807) is 31.2 Å². The fourth-order valence-electron chi connectivity index (χ4n) is 1.46. The molecule has 1 atom stereocenters. The third kappa shape index (κ3) is 4.76. The first kappa shape index (κ1) is 15.1. The summed E-state index contributed by atoms with van der Waals surface area (Å²) < 4.78 is 22.6. The van der Waals surface area contributed by atoms with Crippen LogP contribution in [0.15, 0.2) is 29.2 Å². The molecule has 0 aromatic heterocycles. The van der Waals surface area contributed by atoms with E-state index in [1.165, 1.54) is 6.26 Å². The second-order valence-electron chi connectivity index (χ2n) is 4.87. The molecule has 0 heterocycles. The van der Waals surface area contributed by atoms with Crippen LogP contribution in [0.25, 0.3) is 0 Å². The summed E-state index contributed by atoms with van der Waals surface area (Å²) in [6.07, 6.45) is 1.88. The van der Waals surface area contributed by atoms with Crippen molar-refractivity contribution in [2.24, 2.45) is 0 Å². The van der Waals surface area contributed by atoms with Crippen molar-refractivity contribution in [3.63, 3.8) is 0 Å². The zero-order valence-corrected chi connectivity index (χ0v) is 11.9. The fraction of sp³-hybridized carbons (Fsp3) is 0.538. The molecule has 1 rings (SSSR count). The Morgan fingerprint density at radius 2 is 1.83 bits per heavy atom. The molecule has 0 saturated carbocycles. The maximum Gasteiger partial charge on any atom is 0.175 e. The van der Waals surface area contributed by atoms with Crippen molar-refractivity contribution in [3.05, 3.63) is 29.8 Å². The fourth-order valence-corrected chi connectivity index (χ4v) is 2.09. The first-order valence-corrected chi connectivity index (χ1v) is 7.86. The van der Waals surface area contributed by atoms with Gasteiger partial charge in [-0.3, -0.25) is 0 Å². The van der Waals surface area contributed by atoms with Crippen molar-refractivity contribution < 1.29 is 13.5 Å². The van der Waals surface area contributed by atoms with Gasteiger partial charge >= 0.3 is 0 Å². The van der Waals surface area contributed by atoms with Crippen LogP contribution >= 0.6 is 0 Å². The molecule has 102 valence electrons. The molecule has 0 fully saturated rings. The van der Waals surface area contributed by atoms with Gasteiger partial charge in [0.15, 0.2) is 9.84 Å². The van der Waals surface area contributed by atoms with Gasteiger partial charge in [0, 0.05) is 19.3 Å². The summed E-state index contributed by atoms with van der Waals surface area (Å²) in [5.41, 5.74) is 0.293. The summed E-state index contributed by atoms with van der Waals surface area (Å²) in [4.78, 5) is 0.326. The monoisotopic (exact) mass is 271 g/mol. The minimum Gasteiger partial charge on any atom is -0.389 e. The van der Waals surface area contributed by atoms with Crippen LogP contribution in [-0.2, 0) is 16.4 Å². The minimum absolute atomic E-state index is 0.326. The van der Waals surface area contributed by atoms with Crippen LogP contribution in [0, 0.1) is 0 Å². The number of rotatable bonds is 6. The molecule has 18 heavy (non-hydrogen) atoms. The van der Waals surface area contributed by atoms with Crippen molar-refractivity contribution in [2.75, 3.05) is 12.8 Å². The molecule has 5 heteroatoms. The lowest BCUT2D eigenvalue weighted by Crippen LogP contribution is -2.36. The van der Waals surface area contributed by atoms with E-state index in [-0.39, 0.29) is 0 Å². The number of benzene rings is 1. The summed E-state index contributed by atoms with van der Waals surface area (Å²) >= 11 is 0. The second-order valence-corrected chi connectivity index (χ2v) is 6.89. The summed E-state index contributed by atoms with van der Waals surface area (Å²) in [7, 11) is -3.13. The largest absolute Gasteiger partial charge is 0.389 e. The minimum atomic E-state index is -3.13. The summed E-state index contributed by atoms with van der Waals surface area (Å²) in [5.74, 6) is 0. The normalized spacial score (nSPS) is 15.3. The zero-order valence-electron chi connectivity index (χ0n) is 11.1. The van der Waals surface area contributed by atoms with Crippen molar-refractivity contribution in [1.29, 1.82) is 0 Å². The Kier molecular flexibility index (Phi) is 4.90. The van der Waals surface area contributed by atoms with E-state index >= 15 is 0 Å². The number of hydrogen-bond acceptors (Lipinski definition) is 4. The highest BCUT2D eigenvalue weighted by molar-refractivity contribution is 7.90. The molecule has 4 nitrogen and oxygen atoms in total. The predicted molar refractivity (Wildman–Crippen MR) is 72.2 cm³/mol. The first-order valence-electron chi connectivity index (χ1n) is 5.97. The number of hydrogen-bond donors (Lipinski definition) is 2. The summed E-state index contributed by atoms with van der Waals surface area (Å²) in [6.45, 7) is 4.84. The average Bonchev–Trinajstić information content (AvgIpc) is 2.28. The zero-order chi connectivity index (χ0) is 13.8. The van der Waals surface area contributed by atoms with Gasteiger partial charge in [0.25, 0.3) is 0 Å². The topological polar surface area (TPSA) is 66.4 Å². The maximum atomic E-state index is 11.3. The van der Waals surface area contributed by atoms with Crippen molar-refractivity contribution in [1.82, 2.24) is 5.32 Å². The van der Waals surface area contributed by atoms with Crippen LogP contribution in [0.4, 0.5) is 0 Å². The molecule has 2 N–H and O–H groups in total. The van der Waals surface area contributed by atoms with Gasteiger partial charge < -0.3 is 10.4 Å². The highest BCUT2D eigenvalue weighted by atomic mass is 32.2. The first-order chi connectivity index (χ1) is 8.24. The van der Waals surface area contributed by atoms with E-state index in [9.17, 15) is 13.5 Å². The van der Waals surface area contributed by atoms with Crippen molar-refractivity contribution >= 4 is 9.84 Å².